The number of pyridine rings is 1. The molecule has 0 saturated heterocycles. The molecular weight excluding hydrogens is 408 g/mol. The highest BCUT2D eigenvalue weighted by Gasteiger charge is 2.23. The predicted molar refractivity (Wildman–Crippen MR) is 117 cm³/mol. The van der Waals surface area contributed by atoms with Gasteiger partial charge in [0.15, 0.2) is 4.90 Å². The number of esters is 1. The number of H-pyrrole nitrogens is 1. The zero-order valence-electron chi connectivity index (χ0n) is 16.2. The van der Waals surface area contributed by atoms with Crippen molar-refractivity contribution in [3.8, 4) is 11.1 Å². The largest absolute Gasteiger partial charge is 0.611 e. The van der Waals surface area contributed by atoms with Crippen LogP contribution in [0.5, 0.6) is 0 Å². The van der Waals surface area contributed by atoms with Gasteiger partial charge >= 0.3 is 5.97 Å². The second-order valence-corrected chi connectivity index (χ2v) is 8.84. The third kappa shape index (κ3) is 3.37. The number of nitrogens with one attached hydrogen (secondary N) is 1. The molecule has 0 aliphatic heterocycles. The highest BCUT2D eigenvalue weighted by atomic mass is 35.5. The molecule has 1 unspecified atom stereocenters. The van der Waals surface area contributed by atoms with Crippen LogP contribution in [0.4, 0.5) is 0 Å². The highest BCUT2D eigenvalue weighted by Crippen LogP contribution is 2.42. The highest BCUT2D eigenvalue weighted by molar-refractivity contribution is 7.91. The van der Waals surface area contributed by atoms with Gasteiger partial charge < -0.3 is 14.3 Å². The molecule has 0 spiro atoms. The van der Waals surface area contributed by atoms with Gasteiger partial charge in [0, 0.05) is 34.1 Å². The minimum Gasteiger partial charge on any atom is -0.611 e. The van der Waals surface area contributed by atoms with Crippen molar-refractivity contribution < 1.29 is 14.1 Å². The quantitative estimate of drug-likeness (QED) is 0.356. The summed E-state index contributed by atoms with van der Waals surface area (Å²) in [4.78, 5) is 20.8. The first-order chi connectivity index (χ1) is 13.9. The van der Waals surface area contributed by atoms with Crippen LogP contribution in [-0.2, 0) is 15.9 Å². The number of hydrogen-bond acceptors (Lipinski definition) is 4. The predicted octanol–water partition coefficient (Wildman–Crippen LogP) is 5.26. The lowest BCUT2D eigenvalue weighted by Gasteiger charge is -2.13. The monoisotopic (exact) mass is 426 g/mol. The Balaban J connectivity index is 2.12. The summed E-state index contributed by atoms with van der Waals surface area (Å²) in [6.45, 7) is 3.85. The van der Waals surface area contributed by atoms with Gasteiger partial charge in [-0.25, -0.2) is 9.78 Å². The molecule has 0 radical (unpaired) electrons. The van der Waals surface area contributed by atoms with Crippen LogP contribution >= 0.6 is 11.6 Å². The van der Waals surface area contributed by atoms with Crippen LogP contribution in [0.25, 0.3) is 33.1 Å². The Bertz CT molecular complexity index is 1250. The summed E-state index contributed by atoms with van der Waals surface area (Å²) in [6.07, 6.45) is 1.78. The third-order valence-corrected chi connectivity index (χ3v) is 6.56. The number of methoxy groups -OCH3 is 1. The van der Waals surface area contributed by atoms with Crippen LogP contribution in [0.1, 0.15) is 22.8 Å². The molecule has 1 atom stereocenters. The molecule has 4 aromatic rings. The van der Waals surface area contributed by atoms with Gasteiger partial charge in [0.2, 0.25) is 0 Å². The Morgan fingerprint density at radius 2 is 2.10 bits per heavy atom. The lowest BCUT2D eigenvalue weighted by Crippen LogP contribution is -2.05. The topological polar surface area (TPSA) is 78.0 Å². The number of carbonyl (C=O) groups is 1. The lowest BCUT2D eigenvalue weighted by molar-refractivity contribution is 0.0601. The number of nitrogens with zero attached hydrogens (tertiary/aromatic N) is 1. The van der Waals surface area contributed by atoms with Crippen LogP contribution < -0.4 is 0 Å². The van der Waals surface area contributed by atoms with E-state index in [0.29, 0.717) is 26.9 Å². The van der Waals surface area contributed by atoms with E-state index in [4.69, 9.17) is 16.3 Å². The molecule has 29 heavy (non-hydrogen) atoms. The number of fused-ring (bicyclic) bond motifs is 3. The zero-order valence-corrected chi connectivity index (χ0v) is 17.8. The number of ether oxygens (including phenoxy) is 1. The van der Waals surface area contributed by atoms with Crippen molar-refractivity contribution in [1.82, 2.24) is 9.97 Å². The number of benzene rings is 2. The van der Waals surface area contributed by atoms with Crippen molar-refractivity contribution in [3.05, 3.63) is 58.7 Å². The van der Waals surface area contributed by atoms with Crippen molar-refractivity contribution >= 4 is 50.7 Å². The Kier molecular flexibility index (Phi) is 5.25. The summed E-state index contributed by atoms with van der Waals surface area (Å²) < 4.78 is 17.3. The minimum absolute atomic E-state index is 0.266. The lowest BCUT2D eigenvalue weighted by atomic mass is 9.96. The maximum Gasteiger partial charge on any atom is 0.339 e. The van der Waals surface area contributed by atoms with Crippen molar-refractivity contribution in [2.24, 2.45) is 0 Å². The van der Waals surface area contributed by atoms with Crippen LogP contribution in [0, 0.1) is 6.92 Å². The summed E-state index contributed by atoms with van der Waals surface area (Å²) in [5.41, 5.74) is 4.20. The molecule has 0 saturated carbocycles. The van der Waals surface area contributed by atoms with E-state index in [1.54, 1.807) is 12.3 Å². The number of aryl methyl sites for hydroxylation is 1. The van der Waals surface area contributed by atoms with Crippen molar-refractivity contribution in [3.63, 3.8) is 0 Å². The maximum atomic E-state index is 12.4. The normalized spacial score (nSPS) is 12.4. The molecule has 0 aliphatic rings. The van der Waals surface area contributed by atoms with Crippen molar-refractivity contribution in [1.29, 1.82) is 0 Å². The number of carbonyl (C=O) groups excluding carboxylic acids is 1. The van der Waals surface area contributed by atoms with Gasteiger partial charge in [0.05, 0.1) is 17.7 Å². The number of aromatic amines is 1. The number of halogens is 1. The fourth-order valence-corrected chi connectivity index (χ4v) is 4.67. The molecule has 7 heteroatoms. The molecular formula is C22H19ClN2O3S. The standard InChI is InChI=1S/C22H19ClN2O3S/c1-4-29(27)14-7-5-6-13(9-14)18-19-15-8-12(2)11-24-21(15)25-17(19)10-16(20(18)23)22(26)28-3/h5-11H,4H2,1-3H3,(H,24,25). The molecule has 2 aromatic carbocycles. The van der Waals surface area contributed by atoms with Gasteiger partial charge in [-0.3, -0.25) is 0 Å². The fraction of sp³-hybridized carbons (Fsp3) is 0.182. The minimum atomic E-state index is -1.11. The van der Waals surface area contributed by atoms with Gasteiger partial charge in [-0.15, -0.1) is 0 Å². The Hall–Kier alpha value is -2.54. The third-order valence-electron chi connectivity index (χ3n) is 4.86. The SMILES string of the molecule is CC[S+]([O-])c1cccc(-c2c(Cl)c(C(=O)OC)cc3[nH]c4ncc(C)cc4c23)c1. The van der Waals surface area contributed by atoms with E-state index >= 15 is 0 Å². The van der Waals surface area contributed by atoms with E-state index in [2.05, 4.69) is 9.97 Å². The van der Waals surface area contributed by atoms with E-state index in [-0.39, 0.29) is 5.56 Å². The second kappa shape index (κ2) is 7.71. The molecule has 2 aromatic heterocycles. The molecule has 0 aliphatic carbocycles. The summed E-state index contributed by atoms with van der Waals surface area (Å²) in [7, 11) is 1.32. The van der Waals surface area contributed by atoms with Crippen molar-refractivity contribution in [2.45, 2.75) is 18.7 Å². The van der Waals surface area contributed by atoms with Crippen LogP contribution in [-0.4, -0.2) is 33.4 Å². The molecule has 148 valence electrons. The molecule has 0 bridgehead atoms. The van der Waals surface area contributed by atoms with Crippen LogP contribution in [0.2, 0.25) is 5.02 Å². The van der Waals surface area contributed by atoms with E-state index < -0.39 is 17.1 Å². The van der Waals surface area contributed by atoms with E-state index in [1.165, 1.54) is 7.11 Å². The first kappa shape index (κ1) is 19.8. The average Bonchev–Trinajstić information content (AvgIpc) is 3.09. The summed E-state index contributed by atoms with van der Waals surface area (Å²) in [5, 5.41) is 2.08. The van der Waals surface area contributed by atoms with Crippen LogP contribution in [0.3, 0.4) is 0 Å². The molecule has 5 nitrogen and oxygen atoms in total. The zero-order chi connectivity index (χ0) is 20.7. The first-order valence-electron chi connectivity index (χ1n) is 9.12. The van der Waals surface area contributed by atoms with Gasteiger partial charge in [0.25, 0.3) is 0 Å². The smallest absolute Gasteiger partial charge is 0.339 e. The molecule has 2 heterocycles. The van der Waals surface area contributed by atoms with Crippen molar-refractivity contribution in [2.75, 3.05) is 12.9 Å². The maximum absolute atomic E-state index is 12.4. The number of aromatic nitrogens is 2. The van der Waals surface area contributed by atoms with Gasteiger partial charge in [0.1, 0.15) is 11.4 Å². The van der Waals surface area contributed by atoms with Crippen LogP contribution in [0.15, 0.2) is 47.5 Å². The Morgan fingerprint density at radius 1 is 1.31 bits per heavy atom. The first-order valence-corrected chi connectivity index (χ1v) is 10.8. The van der Waals surface area contributed by atoms with Gasteiger partial charge in [-0.1, -0.05) is 23.7 Å². The van der Waals surface area contributed by atoms with Gasteiger partial charge in [-0.05, 0) is 54.3 Å². The van der Waals surface area contributed by atoms with E-state index in [0.717, 1.165) is 27.4 Å². The summed E-state index contributed by atoms with van der Waals surface area (Å²) in [6, 6.07) is 11.2. The number of hydrogen-bond donors (Lipinski definition) is 1. The van der Waals surface area contributed by atoms with Gasteiger partial charge in [-0.2, -0.15) is 0 Å². The van der Waals surface area contributed by atoms with E-state index in [1.807, 2.05) is 44.2 Å². The number of rotatable bonds is 4. The fourth-order valence-electron chi connectivity index (χ4n) is 3.51. The Labute approximate surface area is 176 Å². The molecule has 1 N–H and O–H groups in total. The second-order valence-electron chi connectivity index (χ2n) is 6.72. The molecule has 0 fully saturated rings. The molecule has 4 rings (SSSR count). The average molecular weight is 427 g/mol. The Morgan fingerprint density at radius 3 is 2.83 bits per heavy atom. The summed E-state index contributed by atoms with van der Waals surface area (Å²) in [5.74, 6) is -0.000381. The van der Waals surface area contributed by atoms with E-state index in [9.17, 15) is 9.35 Å². The molecule has 0 amide bonds. The summed E-state index contributed by atoms with van der Waals surface area (Å²) >= 11 is 5.64.